The van der Waals surface area contributed by atoms with Crippen molar-refractivity contribution in [1.29, 1.82) is 0 Å². The monoisotopic (exact) mass is 344 g/mol. The van der Waals surface area contributed by atoms with Gasteiger partial charge in [0.05, 0.1) is 0 Å². The van der Waals surface area contributed by atoms with Crippen molar-refractivity contribution in [2.45, 2.75) is 84.7 Å². The van der Waals surface area contributed by atoms with Gasteiger partial charge in [-0.05, 0) is 65.7 Å². The van der Waals surface area contributed by atoms with Gasteiger partial charge < -0.3 is 9.84 Å². The van der Waals surface area contributed by atoms with Gasteiger partial charge in [0.2, 0.25) is 0 Å². The zero-order valence-electron chi connectivity index (χ0n) is 16.5. The SMILES string of the molecule is CC(=O)OC1CCC(C)(C)C2CCc3cc(C(C)C)c(O)cc3C12C. The van der Waals surface area contributed by atoms with Crippen LogP contribution in [0.25, 0.3) is 0 Å². The molecular weight excluding hydrogens is 312 g/mol. The largest absolute Gasteiger partial charge is 0.508 e. The Morgan fingerprint density at radius 1 is 1.24 bits per heavy atom. The lowest BCUT2D eigenvalue weighted by Crippen LogP contribution is -2.56. The van der Waals surface area contributed by atoms with E-state index in [1.54, 1.807) is 0 Å². The van der Waals surface area contributed by atoms with E-state index in [0.717, 1.165) is 31.2 Å². The Hall–Kier alpha value is -1.51. The highest BCUT2D eigenvalue weighted by molar-refractivity contribution is 5.66. The first-order valence-corrected chi connectivity index (χ1v) is 9.61. The molecule has 3 heteroatoms. The summed E-state index contributed by atoms with van der Waals surface area (Å²) in [6.45, 7) is 12.7. The fourth-order valence-corrected chi connectivity index (χ4v) is 5.57. The average Bonchev–Trinajstić information content (AvgIpc) is 2.50. The third-order valence-corrected chi connectivity index (χ3v) is 6.85. The molecule has 0 bridgehead atoms. The van der Waals surface area contributed by atoms with Crippen molar-refractivity contribution in [2.24, 2.45) is 11.3 Å². The Kier molecular flexibility index (Phi) is 4.41. The summed E-state index contributed by atoms with van der Waals surface area (Å²) >= 11 is 0. The van der Waals surface area contributed by atoms with Crippen molar-refractivity contribution < 1.29 is 14.6 Å². The molecule has 2 aliphatic carbocycles. The number of fused-ring (bicyclic) bond motifs is 3. The minimum absolute atomic E-state index is 0.119. The van der Waals surface area contributed by atoms with Gasteiger partial charge in [-0.15, -0.1) is 0 Å². The summed E-state index contributed by atoms with van der Waals surface area (Å²) < 4.78 is 5.81. The highest BCUT2D eigenvalue weighted by Gasteiger charge is 2.56. The van der Waals surface area contributed by atoms with Crippen LogP contribution in [0.1, 0.15) is 83.4 Å². The summed E-state index contributed by atoms with van der Waals surface area (Å²) in [5.74, 6) is 0.901. The second kappa shape index (κ2) is 6.03. The molecule has 0 aliphatic heterocycles. The molecular formula is C22H32O3. The van der Waals surface area contributed by atoms with Gasteiger partial charge in [0.25, 0.3) is 0 Å². The number of aryl methyl sites for hydroxylation is 1. The molecule has 0 spiro atoms. The maximum atomic E-state index is 11.7. The molecule has 0 radical (unpaired) electrons. The number of aromatic hydroxyl groups is 1. The molecule has 1 fully saturated rings. The van der Waals surface area contributed by atoms with Gasteiger partial charge in [0.15, 0.2) is 0 Å². The lowest BCUT2D eigenvalue weighted by atomic mass is 9.49. The van der Waals surface area contributed by atoms with Crippen LogP contribution in [0, 0.1) is 11.3 Å². The number of phenols is 1. The molecule has 2 aliphatic rings. The lowest BCUT2D eigenvalue weighted by Gasteiger charge is -2.57. The third kappa shape index (κ3) is 2.86. The van der Waals surface area contributed by atoms with E-state index in [4.69, 9.17) is 4.74 Å². The quantitative estimate of drug-likeness (QED) is 0.760. The molecule has 25 heavy (non-hydrogen) atoms. The molecule has 0 aromatic heterocycles. The fraction of sp³-hybridized carbons (Fsp3) is 0.682. The van der Waals surface area contributed by atoms with Crippen molar-refractivity contribution in [3.8, 4) is 5.75 Å². The number of carbonyl (C=O) groups excluding carboxylic acids is 1. The number of hydrogen-bond donors (Lipinski definition) is 1. The minimum atomic E-state index is -0.242. The van der Waals surface area contributed by atoms with E-state index in [1.807, 2.05) is 6.07 Å². The summed E-state index contributed by atoms with van der Waals surface area (Å²) in [4.78, 5) is 11.7. The van der Waals surface area contributed by atoms with Gasteiger partial charge in [0, 0.05) is 12.3 Å². The van der Waals surface area contributed by atoms with Gasteiger partial charge in [-0.25, -0.2) is 0 Å². The van der Waals surface area contributed by atoms with E-state index in [1.165, 1.54) is 18.1 Å². The molecule has 3 nitrogen and oxygen atoms in total. The number of esters is 1. The highest BCUT2D eigenvalue weighted by Crippen LogP contribution is 2.58. The summed E-state index contributed by atoms with van der Waals surface area (Å²) in [6, 6.07) is 4.15. The lowest BCUT2D eigenvalue weighted by molar-refractivity contribution is -0.159. The maximum Gasteiger partial charge on any atom is 0.302 e. The summed E-state index contributed by atoms with van der Waals surface area (Å²) in [5, 5.41) is 10.6. The predicted molar refractivity (Wildman–Crippen MR) is 99.9 cm³/mol. The normalized spacial score (nSPS) is 30.5. The van der Waals surface area contributed by atoms with Crippen LogP contribution in [0.3, 0.4) is 0 Å². The van der Waals surface area contributed by atoms with Crippen LogP contribution in [0.4, 0.5) is 0 Å². The van der Waals surface area contributed by atoms with Crippen LogP contribution < -0.4 is 0 Å². The number of benzene rings is 1. The first-order chi connectivity index (χ1) is 11.6. The van der Waals surface area contributed by atoms with Crippen molar-refractivity contribution in [3.05, 3.63) is 28.8 Å². The van der Waals surface area contributed by atoms with Crippen LogP contribution in [-0.2, 0) is 21.4 Å². The van der Waals surface area contributed by atoms with Crippen molar-refractivity contribution >= 4 is 5.97 Å². The molecule has 3 atom stereocenters. The Bertz CT molecular complexity index is 689. The number of rotatable bonds is 2. The van der Waals surface area contributed by atoms with Gasteiger partial charge in [-0.3, -0.25) is 4.79 Å². The zero-order valence-corrected chi connectivity index (χ0v) is 16.5. The molecule has 0 heterocycles. The smallest absolute Gasteiger partial charge is 0.302 e. The summed E-state index contributed by atoms with van der Waals surface area (Å²) in [5.41, 5.74) is 3.48. The number of hydrogen-bond acceptors (Lipinski definition) is 3. The van der Waals surface area contributed by atoms with E-state index in [0.29, 0.717) is 17.6 Å². The number of phenolic OH excluding ortho intramolecular Hbond substituents is 1. The second-order valence-electron chi connectivity index (χ2n) is 9.22. The second-order valence-corrected chi connectivity index (χ2v) is 9.22. The highest BCUT2D eigenvalue weighted by atomic mass is 16.5. The first kappa shape index (κ1) is 18.3. The van der Waals surface area contributed by atoms with E-state index in [9.17, 15) is 9.90 Å². The Morgan fingerprint density at radius 3 is 2.52 bits per heavy atom. The fourth-order valence-electron chi connectivity index (χ4n) is 5.57. The van der Waals surface area contributed by atoms with E-state index in [2.05, 4.69) is 40.7 Å². The minimum Gasteiger partial charge on any atom is -0.508 e. The number of ether oxygens (including phenoxy) is 1. The van der Waals surface area contributed by atoms with Crippen LogP contribution >= 0.6 is 0 Å². The van der Waals surface area contributed by atoms with Crippen LogP contribution in [0.2, 0.25) is 0 Å². The average molecular weight is 344 g/mol. The zero-order chi connectivity index (χ0) is 18.6. The van der Waals surface area contributed by atoms with Gasteiger partial charge in [-0.1, -0.05) is 40.7 Å². The van der Waals surface area contributed by atoms with Crippen molar-refractivity contribution in [3.63, 3.8) is 0 Å². The summed E-state index contributed by atoms with van der Waals surface area (Å²) in [7, 11) is 0. The maximum absolute atomic E-state index is 11.7. The van der Waals surface area contributed by atoms with Crippen LogP contribution in [0.5, 0.6) is 5.75 Å². The van der Waals surface area contributed by atoms with E-state index >= 15 is 0 Å². The van der Waals surface area contributed by atoms with Gasteiger partial charge >= 0.3 is 5.97 Å². The predicted octanol–water partition coefficient (Wildman–Crippen LogP) is 5.09. The molecule has 1 aromatic rings. The summed E-state index contributed by atoms with van der Waals surface area (Å²) in [6.07, 6.45) is 3.97. The molecule has 1 aromatic carbocycles. The van der Waals surface area contributed by atoms with Crippen molar-refractivity contribution in [2.75, 3.05) is 0 Å². The van der Waals surface area contributed by atoms with Gasteiger partial charge in [0.1, 0.15) is 11.9 Å². The van der Waals surface area contributed by atoms with Crippen LogP contribution in [0.15, 0.2) is 12.1 Å². The molecule has 0 saturated heterocycles. The molecule has 0 amide bonds. The third-order valence-electron chi connectivity index (χ3n) is 6.85. The van der Waals surface area contributed by atoms with Crippen molar-refractivity contribution in [1.82, 2.24) is 0 Å². The topological polar surface area (TPSA) is 46.5 Å². The molecule has 3 unspecified atom stereocenters. The van der Waals surface area contributed by atoms with E-state index in [-0.39, 0.29) is 22.9 Å². The van der Waals surface area contributed by atoms with Crippen LogP contribution in [-0.4, -0.2) is 17.2 Å². The Balaban J connectivity index is 2.16. The van der Waals surface area contributed by atoms with Gasteiger partial charge in [-0.2, -0.15) is 0 Å². The Morgan fingerprint density at radius 2 is 1.92 bits per heavy atom. The number of carbonyl (C=O) groups is 1. The molecule has 1 N–H and O–H groups in total. The standard InChI is InChI=1S/C22H32O3/c1-13(2)16-11-15-7-8-19-21(4,5)10-9-20(25-14(3)23)22(19,6)17(15)12-18(16)24/h11-13,19-20,24H,7-10H2,1-6H3. The Labute approximate surface area is 151 Å². The first-order valence-electron chi connectivity index (χ1n) is 9.61. The molecule has 3 rings (SSSR count). The molecule has 1 saturated carbocycles. The van der Waals surface area contributed by atoms with E-state index < -0.39 is 0 Å². The molecule has 138 valence electrons.